The van der Waals surface area contributed by atoms with Gasteiger partial charge in [-0.3, -0.25) is 4.98 Å². The van der Waals surface area contributed by atoms with E-state index in [1.54, 1.807) is 12.3 Å². The van der Waals surface area contributed by atoms with Gasteiger partial charge in [0.2, 0.25) is 0 Å². The molecule has 0 bridgehead atoms. The molecule has 0 spiro atoms. The van der Waals surface area contributed by atoms with Gasteiger partial charge in [0.1, 0.15) is 11.5 Å². The lowest BCUT2D eigenvalue weighted by atomic mass is 9.87. The van der Waals surface area contributed by atoms with Crippen molar-refractivity contribution in [1.29, 1.82) is 0 Å². The third-order valence-corrected chi connectivity index (χ3v) is 3.44. The number of aromatic nitrogens is 1. The predicted octanol–water partition coefficient (Wildman–Crippen LogP) is 4.61. The van der Waals surface area contributed by atoms with Gasteiger partial charge in [0.05, 0.1) is 18.0 Å². The Balaban J connectivity index is 2.08. The molecule has 0 fully saturated rings. The number of benzene rings is 1. The highest BCUT2D eigenvalue weighted by Crippen LogP contribution is 2.27. The molecular formula is C18H23NO2. The molecule has 3 heteroatoms. The van der Waals surface area contributed by atoms with E-state index in [9.17, 15) is 5.11 Å². The van der Waals surface area contributed by atoms with Crippen LogP contribution in [-0.2, 0) is 5.41 Å². The van der Waals surface area contributed by atoms with Crippen LogP contribution in [0.15, 0.2) is 42.6 Å². The van der Waals surface area contributed by atoms with Crippen molar-refractivity contribution in [2.45, 2.75) is 45.6 Å². The van der Waals surface area contributed by atoms with Crippen molar-refractivity contribution in [3.63, 3.8) is 0 Å². The first-order chi connectivity index (χ1) is 9.90. The standard InChI is InChI=1S/C18H23NO2/c1-5-17(20)16-11-10-15(12-19-16)21-14-8-6-13(7-9-14)18(2,3)4/h6-12,17,20H,5H2,1-4H3/t17-/m0/s1. The van der Waals surface area contributed by atoms with Crippen molar-refractivity contribution in [3.05, 3.63) is 53.9 Å². The van der Waals surface area contributed by atoms with Gasteiger partial charge in [-0.25, -0.2) is 0 Å². The SMILES string of the molecule is CC[C@H](O)c1ccc(Oc2ccc(C(C)(C)C)cc2)cn1. The van der Waals surface area contributed by atoms with Crippen molar-refractivity contribution < 1.29 is 9.84 Å². The first kappa shape index (κ1) is 15.5. The van der Waals surface area contributed by atoms with Gasteiger partial charge in [-0.2, -0.15) is 0 Å². The van der Waals surface area contributed by atoms with Gasteiger partial charge in [0.25, 0.3) is 0 Å². The fourth-order valence-electron chi connectivity index (χ4n) is 2.02. The summed E-state index contributed by atoms with van der Waals surface area (Å²) in [6.07, 6.45) is 1.79. The second-order valence-electron chi connectivity index (χ2n) is 6.22. The summed E-state index contributed by atoms with van der Waals surface area (Å²) in [6, 6.07) is 11.7. The summed E-state index contributed by atoms with van der Waals surface area (Å²) in [5.41, 5.74) is 2.08. The molecule has 1 heterocycles. The normalized spacial score (nSPS) is 13.0. The van der Waals surface area contributed by atoms with Gasteiger partial charge in [-0.15, -0.1) is 0 Å². The zero-order valence-corrected chi connectivity index (χ0v) is 13.1. The lowest BCUT2D eigenvalue weighted by Gasteiger charge is -2.19. The molecule has 21 heavy (non-hydrogen) atoms. The highest BCUT2D eigenvalue weighted by Gasteiger charge is 2.13. The van der Waals surface area contributed by atoms with Gasteiger partial charge < -0.3 is 9.84 Å². The predicted molar refractivity (Wildman–Crippen MR) is 84.7 cm³/mol. The van der Waals surface area contributed by atoms with Gasteiger partial charge in [-0.1, -0.05) is 39.8 Å². The van der Waals surface area contributed by atoms with Crippen LogP contribution in [0, 0.1) is 0 Å². The Hall–Kier alpha value is -1.87. The van der Waals surface area contributed by atoms with Crippen LogP contribution in [0.4, 0.5) is 0 Å². The van der Waals surface area contributed by atoms with Crippen LogP contribution in [0.5, 0.6) is 11.5 Å². The van der Waals surface area contributed by atoms with E-state index in [-0.39, 0.29) is 5.41 Å². The minimum atomic E-state index is -0.509. The molecule has 1 atom stereocenters. The Kier molecular flexibility index (Phi) is 4.63. The molecule has 1 N–H and O–H groups in total. The van der Waals surface area contributed by atoms with Crippen LogP contribution < -0.4 is 4.74 Å². The van der Waals surface area contributed by atoms with Crippen molar-refractivity contribution in [2.75, 3.05) is 0 Å². The van der Waals surface area contributed by atoms with E-state index in [1.165, 1.54) is 5.56 Å². The molecule has 0 saturated heterocycles. The lowest BCUT2D eigenvalue weighted by Crippen LogP contribution is -2.10. The van der Waals surface area contributed by atoms with Crippen LogP contribution in [0.1, 0.15) is 51.5 Å². The molecular weight excluding hydrogens is 262 g/mol. The number of hydrogen-bond donors (Lipinski definition) is 1. The van der Waals surface area contributed by atoms with E-state index < -0.39 is 6.10 Å². The van der Waals surface area contributed by atoms with E-state index in [2.05, 4.69) is 37.9 Å². The first-order valence-corrected chi connectivity index (χ1v) is 7.32. The Morgan fingerprint density at radius 1 is 1.05 bits per heavy atom. The Bertz CT molecular complexity index is 568. The lowest BCUT2D eigenvalue weighted by molar-refractivity contribution is 0.169. The largest absolute Gasteiger partial charge is 0.456 e. The summed E-state index contributed by atoms with van der Waals surface area (Å²) in [5.74, 6) is 1.46. The maximum Gasteiger partial charge on any atom is 0.145 e. The Labute approximate surface area is 126 Å². The highest BCUT2D eigenvalue weighted by molar-refractivity contribution is 5.34. The smallest absolute Gasteiger partial charge is 0.145 e. The Morgan fingerprint density at radius 2 is 1.67 bits per heavy atom. The maximum atomic E-state index is 9.71. The van der Waals surface area contributed by atoms with Crippen molar-refractivity contribution in [2.24, 2.45) is 0 Å². The van der Waals surface area contributed by atoms with E-state index >= 15 is 0 Å². The molecule has 0 aliphatic rings. The summed E-state index contributed by atoms with van der Waals surface area (Å²) < 4.78 is 5.77. The summed E-state index contributed by atoms with van der Waals surface area (Å²) in [7, 11) is 0. The number of ether oxygens (including phenoxy) is 1. The van der Waals surface area contributed by atoms with Gasteiger partial charge in [0.15, 0.2) is 0 Å². The topological polar surface area (TPSA) is 42.4 Å². The van der Waals surface area contributed by atoms with E-state index in [4.69, 9.17) is 4.74 Å². The number of rotatable bonds is 4. The number of aliphatic hydroxyl groups is 1. The highest BCUT2D eigenvalue weighted by atomic mass is 16.5. The number of aliphatic hydroxyl groups excluding tert-OH is 1. The second kappa shape index (κ2) is 6.27. The van der Waals surface area contributed by atoms with E-state index in [0.717, 1.165) is 5.75 Å². The summed E-state index contributed by atoms with van der Waals surface area (Å²) >= 11 is 0. The molecule has 0 aliphatic heterocycles. The molecule has 0 saturated carbocycles. The summed E-state index contributed by atoms with van der Waals surface area (Å²) in [4.78, 5) is 4.23. The van der Waals surface area contributed by atoms with Gasteiger partial charge >= 0.3 is 0 Å². The number of pyridine rings is 1. The third kappa shape index (κ3) is 4.05. The minimum Gasteiger partial charge on any atom is -0.456 e. The molecule has 0 aliphatic carbocycles. The molecule has 2 rings (SSSR count). The number of hydrogen-bond acceptors (Lipinski definition) is 3. The average molecular weight is 285 g/mol. The molecule has 112 valence electrons. The molecule has 1 aromatic carbocycles. The molecule has 3 nitrogen and oxygen atoms in total. The monoisotopic (exact) mass is 285 g/mol. The first-order valence-electron chi connectivity index (χ1n) is 7.32. The second-order valence-corrected chi connectivity index (χ2v) is 6.22. The molecule has 1 aromatic heterocycles. The zero-order chi connectivity index (χ0) is 15.5. The van der Waals surface area contributed by atoms with E-state index in [1.807, 2.05) is 25.1 Å². The summed E-state index contributed by atoms with van der Waals surface area (Å²) in [6.45, 7) is 8.48. The van der Waals surface area contributed by atoms with Crippen LogP contribution in [0.2, 0.25) is 0 Å². The van der Waals surface area contributed by atoms with Crippen LogP contribution in [0.25, 0.3) is 0 Å². The van der Waals surface area contributed by atoms with E-state index in [0.29, 0.717) is 17.9 Å². The van der Waals surface area contributed by atoms with Crippen molar-refractivity contribution >= 4 is 0 Å². The van der Waals surface area contributed by atoms with Crippen LogP contribution in [-0.4, -0.2) is 10.1 Å². The Morgan fingerprint density at radius 3 is 2.14 bits per heavy atom. The molecule has 2 aromatic rings. The van der Waals surface area contributed by atoms with Crippen LogP contribution >= 0.6 is 0 Å². The summed E-state index contributed by atoms with van der Waals surface area (Å²) in [5, 5.41) is 9.71. The molecule has 0 unspecified atom stereocenters. The van der Waals surface area contributed by atoms with Crippen molar-refractivity contribution in [1.82, 2.24) is 4.98 Å². The third-order valence-electron chi connectivity index (χ3n) is 3.44. The molecule has 0 radical (unpaired) electrons. The number of nitrogens with zero attached hydrogens (tertiary/aromatic N) is 1. The van der Waals surface area contributed by atoms with Crippen LogP contribution in [0.3, 0.4) is 0 Å². The van der Waals surface area contributed by atoms with Gasteiger partial charge in [0, 0.05) is 0 Å². The average Bonchev–Trinajstić information content (AvgIpc) is 2.47. The van der Waals surface area contributed by atoms with Gasteiger partial charge in [-0.05, 0) is 41.7 Å². The fraction of sp³-hybridized carbons (Fsp3) is 0.389. The minimum absolute atomic E-state index is 0.137. The quantitative estimate of drug-likeness (QED) is 0.891. The zero-order valence-electron chi connectivity index (χ0n) is 13.1. The van der Waals surface area contributed by atoms with Crippen molar-refractivity contribution in [3.8, 4) is 11.5 Å². The fourth-order valence-corrected chi connectivity index (χ4v) is 2.02. The maximum absolute atomic E-state index is 9.71. The molecule has 0 amide bonds.